The Kier molecular flexibility index (Phi) is 3.04. The minimum absolute atomic E-state index is 0.0618. The Bertz CT molecular complexity index is 664. The number of aromatic nitrogens is 4. The number of anilines is 1. The molecule has 1 atom stereocenters. The molecule has 0 aromatic carbocycles. The maximum absolute atomic E-state index is 5.07. The third-order valence-electron chi connectivity index (χ3n) is 2.77. The Morgan fingerprint density at radius 1 is 1.42 bits per heavy atom. The summed E-state index contributed by atoms with van der Waals surface area (Å²) in [6.07, 6.45) is 5.48. The lowest BCUT2D eigenvalue weighted by Gasteiger charge is -2.12. The van der Waals surface area contributed by atoms with Crippen molar-refractivity contribution in [1.82, 2.24) is 19.4 Å². The molecule has 3 aromatic heterocycles. The summed E-state index contributed by atoms with van der Waals surface area (Å²) in [4.78, 5) is 13.7. The second kappa shape index (κ2) is 4.85. The third kappa shape index (κ3) is 2.37. The number of hydrogen-bond donors (Lipinski definition) is 1. The van der Waals surface area contributed by atoms with E-state index in [1.54, 1.807) is 24.5 Å². The molecule has 0 aliphatic heterocycles. The fourth-order valence-electron chi connectivity index (χ4n) is 1.78. The fraction of sp³-hybridized carbons (Fsp3) is 0.250. The predicted molar refractivity (Wildman–Crippen MR) is 73.7 cm³/mol. The lowest BCUT2D eigenvalue weighted by atomic mass is 10.2. The van der Waals surface area contributed by atoms with Crippen molar-refractivity contribution in [2.24, 2.45) is 0 Å². The van der Waals surface area contributed by atoms with Gasteiger partial charge in [0.25, 0.3) is 0 Å². The van der Waals surface area contributed by atoms with Crippen LogP contribution in [0, 0.1) is 0 Å². The molecular formula is C12H13N5OS. The average molecular weight is 275 g/mol. The molecular weight excluding hydrogens is 262 g/mol. The van der Waals surface area contributed by atoms with Crippen LogP contribution >= 0.6 is 11.3 Å². The van der Waals surface area contributed by atoms with E-state index in [1.165, 1.54) is 6.33 Å². The van der Waals surface area contributed by atoms with Crippen molar-refractivity contribution in [1.29, 1.82) is 0 Å². The third-order valence-corrected chi connectivity index (χ3v) is 3.54. The topological polar surface area (TPSA) is 64.3 Å². The van der Waals surface area contributed by atoms with E-state index in [2.05, 4.69) is 20.3 Å². The summed E-state index contributed by atoms with van der Waals surface area (Å²) in [6, 6.07) is 1.82. The number of methoxy groups -OCH3 is 1. The molecule has 0 fully saturated rings. The Balaban J connectivity index is 1.80. The van der Waals surface area contributed by atoms with Crippen molar-refractivity contribution >= 4 is 22.1 Å². The summed E-state index contributed by atoms with van der Waals surface area (Å²) < 4.78 is 7.08. The SMILES string of the molecule is COc1cc(N[C@@H](C)c2cn3ccsc3n2)ncn1. The molecule has 1 N–H and O–H groups in total. The molecule has 7 heteroatoms. The first-order chi connectivity index (χ1) is 9.26. The van der Waals surface area contributed by atoms with Gasteiger partial charge in [-0.1, -0.05) is 0 Å². The largest absolute Gasteiger partial charge is 0.481 e. The van der Waals surface area contributed by atoms with Crippen molar-refractivity contribution in [2.45, 2.75) is 13.0 Å². The van der Waals surface area contributed by atoms with Gasteiger partial charge in [-0.05, 0) is 6.92 Å². The van der Waals surface area contributed by atoms with Gasteiger partial charge in [0, 0.05) is 23.8 Å². The van der Waals surface area contributed by atoms with Gasteiger partial charge in [-0.3, -0.25) is 4.40 Å². The number of nitrogens with zero attached hydrogens (tertiary/aromatic N) is 4. The van der Waals surface area contributed by atoms with E-state index in [1.807, 2.05) is 29.1 Å². The smallest absolute Gasteiger partial charge is 0.218 e. The molecule has 0 spiro atoms. The first kappa shape index (κ1) is 11.9. The highest BCUT2D eigenvalue weighted by Crippen LogP contribution is 2.21. The molecule has 0 unspecified atom stereocenters. The van der Waals surface area contributed by atoms with Crippen LogP contribution in [0.3, 0.4) is 0 Å². The number of rotatable bonds is 4. The molecule has 19 heavy (non-hydrogen) atoms. The Morgan fingerprint density at radius 3 is 3.11 bits per heavy atom. The minimum atomic E-state index is 0.0618. The van der Waals surface area contributed by atoms with Crippen LogP contribution in [0.2, 0.25) is 0 Å². The molecule has 0 radical (unpaired) electrons. The molecule has 3 heterocycles. The molecule has 0 saturated heterocycles. The van der Waals surface area contributed by atoms with Crippen LogP contribution in [0.25, 0.3) is 4.96 Å². The lowest BCUT2D eigenvalue weighted by molar-refractivity contribution is 0.397. The number of nitrogens with one attached hydrogen (secondary N) is 1. The van der Waals surface area contributed by atoms with E-state index in [-0.39, 0.29) is 6.04 Å². The second-order valence-corrected chi connectivity index (χ2v) is 4.94. The number of fused-ring (bicyclic) bond motifs is 1. The number of imidazole rings is 1. The van der Waals surface area contributed by atoms with Gasteiger partial charge >= 0.3 is 0 Å². The number of hydrogen-bond acceptors (Lipinski definition) is 6. The monoisotopic (exact) mass is 275 g/mol. The normalized spacial score (nSPS) is 12.5. The van der Waals surface area contributed by atoms with Gasteiger partial charge in [0.1, 0.15) is 12.1 Å². The Labute approximate surface area is 114 Å². The van der Waals surface area contributed by atoms with E-state index in [9.17, 15) is 0 Å². The molecule has 98 valence electrons. The van der Waals surface area contributed by atoms with Gasteiger partial charge in [0.2, 0.25) is 5.88 Å². The molecule has 0 aliphatic rings. The standard InChI is InChI=1S/C12H13N5OS/c1-8(9-6-17-3-4-19-12(17)16-9)15-10-5-11(18-2)14-7-13-10/h3-8H,1-2H3,(H,13,14,15)/t8-/m0/s1. The van der Waals surface area contributed by atoms with E-state index < -0.39 is 0 Å². The maximum Gasteiger partial charge on any atom is 0.218 e. The van der Waals surface area contributed by atoms with E-state index >= 15 is 0 Å². The predicted octanol–water partition coefficient (Wildman–Crippen LogP) is 2.37. The fourth-order valence-corrected chi connectivity index (χ4v) is 2.49. The van der Waals surface area contributed by atoms with E-state index in [0.29, 0.717) is 5.88 Å². The van der Waals surface area contributed by atoms with Crippen LogP contribution in [0.4, 0.5) is 5.82 Å². The summed E-state index contributed by atoms with van der Waals surface area (Å²) in [7, 11) is 1.58. The maximum atomic E-state index is 5.07. The van der Waals surface area contributed by atoms with Crippen molar-refractivity contribution < 1.29 is 4.74 Å². The lowest BCUT2D eigenvalue weighted by Crippen LogP contribution is -2.08. The summed E-state index contributed by atoms with van der Waals surface area (Å²) in [5.74, 6) is 1.26. The molecule has 3 aromatic rings. The van der Waals surface area contributed by atoms with Crippen molar-refractivity contribution in [3.05, 3.63) is 35.9 Å². The zero-order valence-electron chi connectivity index (χ0n) is 10.6. The highest BCUT2D eigenvalue weighted by atomic mass is 32.1. The summed E-state index contributed by atoms with van der Waals surface area (Å²) in [5.41, 5.74) is 0.976. The van der Waals surface area contributed by atoms with Crippen LogP contribution in [0.15, 0.2) is 30.2 Å². The summed E-state index contributed by atoms with van der Waals surface area (Å²) in [5, 5.41) is 5.29. The van der Waals surface area contributed by atoms with Gasteiger partial charge in [-0.25, -0.2) is 15.0 Å². The molecule has 6 nitrogen and oxygen atoms in total. The second-order valence-electron chi connectivity index (χ2n) is 4.07. The highest BCUT2D eigenvalue weighted by Gasteiger charge is 2.11. The Morgan fingerprint density at radius 2 is 2.32 bits per heavy atom. The molecule has 0 bridgehead atoms. The van der Waals surface area contributed by atoms with Crippen molar-refractivity contribution in [3.63, 3.8) is 0 Å². The summed E-state index contributed by atoms with van der Waals surface area (Å²) >= 11 is 1.62. The zero-order valence-corrected chi connectivity index (χ0v) is 11.4. The van der Waals surface area contributed by atoms with Crippen molar-refractivity contribution in [2.75, 3.05) is 12.4 Å². The molecule has 3 rings (SSSR count). The van der Waals surface area contributed by atoms with Gasteiger partial charge in [-0.15, -0.1) is 11.3 Å². The van der Waals surface area contributed by atoms with Crippen molar-refractivity contribution in [3.8, 4) is 5.88 Å². The molecule has 0 saturated carbocycles. The van der Waals surface area contributed by atoms with Crippen LogP contribution in [0.5, 0.6) is 5.88 Å². The zero-order chi connectivity index (χ0) is 13.2. The van der Waals surface area contributed by atoms with Gasteiger partial charge in [0.05, 0.1) is 18.8 Å². The van der Waals surface area contributed by atoms with Gasteiger partial charge in [0.15, 0.2) is 4.96 Å². The molecule has 0 aliphatic carbocycles. The van der Waals surface area contributed by atoms with Crippen LogP contribution in [0.1, 0.15) is 18.7 Å². The summed E-state index contributed by atoms with van der Waals surface area (Å²) in [6.45, 7) is 2.04. The first-order valence-electron chi connectivity index (χ1n) is 5.81. The number of ether oxygens (including phenoxy) is 1. The van der Waals surface area contributed by atoms with E-state index in [0.717, 1.165) is 16.5 Å². The number of thiazole rings is 1. The highest BCUT2D eigenvalue weighted by molar-refractivity contribution is 7.15. The van der Waals surface area contributed by atoms with Gasteiger partial charge in [-0.2, -0.15) is 0 Å². The van der Waals surface area contributed by atoms with Crippen LogP contribution in [-0.4, -0.2) is 26.5 Å². The molecule has 0 amide bonds. The minimum Gasteiger partial charge on any atom is -0.481 e. The van der Waals surface area contributed by atoms with Gasteiger partial charge < -0.3 is 10.1 Å². The Hall–Kier alpha value is -2.15. The quantitative estimate of drug-likeness (QED) is 0.792. The van der Waals surface area contributed by atoms with Crippen LogP contribution < -0.4 is 10.1 Å². The average Bonchev–Trinajstić information content (AvgIpc) is 2.99. The first-order valence-corrected chi connectivity index (χ1v) is 6.69. The van der Waals surface area contributed by atoms with Crippen LogP contribution in [-0.2, 0) is 0 Å². The van der Waals surface area contributed by atoms with E-state index in [4.69, 9.17) is 4.74 Å².